The molecular weight excluding hydrogens is 418 g/mol. The zero-order valence-electron chi connectivity index (χ0n) is 21.7. The summed E-state index contributed by atoms with van der Waals surface area (Å²) in [6.45, 7) is 20.5. The minimum Gasteiger partial charge on any atom is -0.459 e. The Bertz CT molecular complexity index is 851. The fourth-order valence-electron chi connectivity index (χ4n) is 3.32. The zero-order valence-corrected chi connectivity index (χ0v) is 21.7. The van der Waals surface area contributed by atoms with Gasteiger partial charge in [0.05, 0.1) is 0 Å². The first-order valence-electron chi connectivity index (χ1n) is 11.4. The lowest BCUT2D eigenvalue weighted by molar-refractivity contribution is -0.169. The van der Waals surface area contributed by atoms with Crippen LogP contribution in [0.15, 0.2) is 36.5 Å². The molecule has 1 aromatic heterocycles. The molecule has 0 bridgehead atoms. The number of hydrogen-bond donors (Lipinski definition) is 2. The Morgan fingerprint density at radius 3 is 2.12 bits per heavy atom. The van der Waals surface area contributed by atoms with Crippen molar-refractivity contribution in [2.24, 2.45) is 16.7 Å². The number of hydrogen-bond acceptors (Lipinski definition) is 5. The van der Waals surface area contributed by atoms with Crippen LogP contribution in [0.2, 0.25) is 0 Å². The van der Waals surface area contributed by atoms with Gasteiger partial charge in [-0.1, -0.05) is 52.8 Å². The molecule has 0 fully saturated rings. The molecule has 0 radical (unpaired) electrons. The van der Waals surface area contributed by atoms with Gasteiger partial charge in [-0.15, -0.1) is 0 Å². The van der Waals surface area contributed by atoms with E-state index in [0.717, 1.165) is 0 Å². The van der Waals surface area contributed by atoms with E-state index in [1.54, 1.807) is 52.1 Å². The first kappa shape index (κ1) is 28.3. The molecule has 1 rings (SSSR count). The Hall–Kier alpha value is -2.70. The second-order valence-electron chi connectivity index (χ2n) is 11.1. The first-order chi connectivity index (χ1) is 15.0. The topological polar surface area (TPSA) is 97.4 Å². The molecule has 1 aromatic rings. The van der Waals surface area contributed by atoms with Crippen LogP contribution < -0.4 is 10.6 Å². The van der Waals surface area contributed by atoms with Crippen LogP contribution in [0.1, 0.15) is 75.2 Å². The third-order valence-electron chi connectivity index (χ3n) is 5.28. The van der Waals surface area contributed by atoms with Gasteiger partial charge in [-0.2, -0.15) is 0 Å². The molecule has 2 N–H and O–H groups in total. The first-order valence-corrected chi connectivity index (χ1v) is 11.4. The van der Waals surface area contributed by atoms with E-state index in [-0.39, 0.29) is 12.3 Å². The van der Waals surface area contributed by atoms with Gasteiger partial charge < -0.3 is 15.4 Å². The summed E-state index contributed by atoms with van der Waals surface area (Å²) in [7, 11) is 0. The normalized spacial score (nSPS) is 14.7. The highest BCUT2D eigenvalue weighted by molar-refractivity contribution is 6.08. The Labute approximate surface area is 198 Å². The van der Waals surface area contributed by atoms with Crippen molar-refractivity contribution >= 4 is 23.6 Å². The molecule has 33 heavy (non-hydrogen) atoms. The maximum atomic E-state index is 13.8. The molecule has 2 amide bonds. The van der Waals surface area contributed by atoms with Crippen LogP contribution in [-0.4, -0.2) is 34.4 Å². The highest BCUT2D eigenvalue weighted by atomic mass is 16.6. The Kier molecular flexibility index (Phi) is 9.40. The molecule has 0 unspecified atom stereocenters. The number of carbonyl (C=O) groups is 3. The Morgan fingerprint density at radius 2 is 1.70 bits per heavy atom. The maximum absolute atomic E-state index is 13.8. The highest BCUT2D eigenvalue weighted by Gasteiger charge is 2.51. The van der Waals surface area contributed by atoms with E-state index in [0.29, 0.717) is 17.8 Å². The van der Waals surface area contributed by atoms with Crippen LogP contribution in [0.5, 0.6) is 0 Å². The molecule has 0 saturated heterocycles. The van der Waals surface area contributed by atoms with E-state index < -0.39 is 40.3 Å². The molecule has 0 saturated carbocycles. The van der Waals surface area contributed by atoms with E-state index in [4.69, 9.17) is 4.74 Å². The van der Waals surface area contributed by atoms with Crippen molar-refractivity contribution in [1.29, 1.82) is 0 Å². The van der Waals surface area contributed by atoms with Crippen molar-refractivity contribution in [1.82, 2.24) is 10.3 Å². The standard InChI is InChI=1S/C26H41N3O4/c1-17(2)14-15-26(18(3)4,23(32)33-25(8,9)10)22(31)29-20(24(5,6)7)21(30)28-19-13-11-12-16-27-19/h11-13,16-17,20H,3,14-15H2,1-2,4-10H3,(H,29,31)(H,27,28,30)/t20-,26+/m1/s1. The van der Waals surface area contributed by atoms with E-state index in [2.05, 4.69) is 22.2 Å². The van der Waals surface area contributed by atoms with Crippen molar-refractivity contribution in [3.05, 3.63) is 36.5 Å². The number of anilines is 1. The second kappa shape index (κ2) is 10.9. The quantitative estimate of drug-likeness (QED) is 0.311. The van der Waals surface area contributed by atoms with Crippen LogP contribution in [0, 0.1) is 16.7 Å². The number of ether oxygens (including phenoxy) is 1. The molecule has 0 aliphatic heterocycles. The summed E-state index contributed by atoms with van der Waals surface area (Å²) in [5.41, 5.74) is -2.64. The molecule has 0 aliphatic rings. The highest BCUT2D eigenvalue weighted by Crippen LogP contribution is 2.37. The Balaban J connectivity index is 3.37. The summed E-state index contributed by atoms with van der Waals surface area (Å²) in [6, 6.07) is 4.25. The number of carbonyl (C=O) groups excluding carboxylic acids is 3. The minimum absolute atomic E-state index is 0.236. The van der Waals surface area contributed by atoms with E-state index in [1.165, 1.54) is 0 Å². The maximum Gasteiger partial charge on any atom is 0.326 e. The number of esters is 1. The van der Waals surface area contributed by atoms with Crippen molar-refractivity contribution in [2.75, 3.05) is 5.32 Å². The SMILES string of the molecule is C=C(C)[C@@](CCC(C)C)(C(=O)N[C@H](C(=O)Nc1ccccn1)C(C)(C)C)C(=O)OC(C)(C)C. The lowest BCUT2D eigenvalue weighted by atomic mass is 9.74. The van der Waals surface area contributed by atoms with Gasteiger partial charge >= 0.3 is 5.97 Å². The number of rotatable bonds is 9. The number of amides is 2. The largest absolute Gasteiger partial charge is 0.459 e. The summed E-state index contributed by atoms with van der Waals surface area (Å²) in [6.07, 6.45) is 2.42. The minimum atomic E-state index is -1.60. The fraction of sp³-hybridized carbons (Fsp3) is 0.615. The molecule has 1 heterocycles. The van der Waals surface area contributed by atoms with Crippen molar-refractivity contribution in [3.8, 4) is 0 Å². The third-order valence-corrected chi connectivity index (χ3v) is 5.28. The van der Waals surface area contributed by atoms with Crippen LogP contribution in [0.25, 0.3) is 0 Å². The lowest BCUT2D eigenvalue weighted by Crippen LogP contribution is -2.58. The van der Waals surface area contributed by atoms with E-state index in [9.17, 15) is 14.4 Å². The van der Waals surface area contributed by atoms with Crippen LogP contribution in [-0.2, 0) is 19.1 Å². The summed E-state index contributed by atoms with van der Waals surface area (Å²) < 4.78 is 5.67. The number of nitrogens with zero attached hydrogens (tertiary/aromatic N) is 1. The molecule has 7 heteroatoms. The molecule has 184 valence electrons. The fourth-order valence-corrected chi connectivity index (χ4v) is 3.32. The molecule has 0 spiro atoms. The van der Waals surface area contributed by atoms with Gasteiger partial charge in [0.2, 0.25) is 11.8 Å². The van der Waals surface area contributed by atoms with Crippen LogP contribution in [0.3, 0.4) is 0 Å². The monoisotopic (exact) mass is 459 g/mol. The summed E-state index contributed by atoms with van der Waals surface area (Å²) in [5.74, 6) is -1.02. The van der Waals surface area contributed by atoms with Gasteiger partial charge in [0.15, 0.2) is 5.41 Å². The summed E-state index contributed by atoms with van der Waals surface area (Å²) in [4.78, 5) is 44.5. The molecule has 0 aliphatic carbocycles. The van der Waals surface area contributed by atoms with Gasteiger partial charge in [-0.25, -0.2) is 4.98 Å². The number of pyridine rings is 1. The number of aromatic nitrogens is 1. The van der Waals surface area contributed by atoms with Gasteiger partial charge in [0.1, 0.15) is 17.5 Å². The van der Waals surface area contributed by atoms with Crippen LogP contribution >= 0.6 is 0 Å². The van der Waals surface area contributed by atoms with Crippen molar-refractivity contribution in [2.45, 2.75) is 86.8 Å². The van der Waals surface area contributed by atoms with Gasteiger partial charge in [0.25, 0.3) is 0 Å². The third kappa shape index (κ3) is 7.98. The molecule has 2 atom stereocenters. The predicted octanol–water partition coefficient (Wildman–Crippen LogP) is 4.89. The number of nitrogens with one attached hydrogen (secondary N) is 2. The summed E-state index contributed by atoms with van der Waals surface area (Å²) >= 11 is 0. The lowest BCUT2D eigenvalue weighted by Gasteiger charge is -2.37. The molecule has 7 nitrogen and oxygen atoms in total. The molecule has 0 aromatic carbocycles. The summed E-state index contributed by atoms with van der Waals surface area (Å²) in [5, 5.41) is 5.60. The van der Waals surface area contributed by atoms with E-state index in [1.807, 2.05) is 34.6 Å². The van der Waals surface area contributed by atoms with Gasteiger partial charge in [0, 0.05) is 6.20 Å². The van der Waals surface area contributed by atoms with Crippen molar-refractivity contribution < 1.29 is 19.1 Å². The van der Waals surface area contributed by atoms with Crippen LogP contribution in [0.4, 0.5) is 5.82 Å². The van der Waals surface area contributed by atoms with Gasteiger partial charge in [-0.05, 0) is 64.0 Å². The predicted molar refractivity (Wildman–Crippen MR) is 131 cm³/mol. The molecular formula is C26H41N3O4. The van der Waals surface area contributed by atoms with Crippen molar-refractivity contribution in [3.63, 3.8) is 0 Å². The second-order valence-corrected chi connectivity index (χ2v) is 11.1. The zero-order chi connectivity index (χ0) is 25.6. The smallest absolute Gasteiger partial charge is 0.326 e. The average Bonchev–Trinajstić information content (AvgIpc) is 2.64. The Morgan fingerprint density at radius 1 is 1.09 bits per heavy atom. The van der Waals surface area contributed by atoms with E-state index >= 15 is 0 Å². The average molecular weight is 460 g/mol. The van der Waals surface area contributed by atoms with Gasteiger partial charge in [-0.3, -0.25) is 14.4 Å².